The van der Waals surface area contributed by atoms with Crippen LogP contribution < -0.4 is 16.4 Å². The van der Waals surface area contributed by atoms with Crippen LogP contribution in [0, 0.1) is 6.92 Å². The predicted octanol–water partition coefficient (Wildman–Crippen LogP) is 2.13. The summed E-state index contributed by atoms with van der Waals surface area (Å²) in [5.74, 6) is -0.184. The quantitative estimate of drug-likeness (QED) is 0.531. The van der Waals surface area contributed by atoms with Gasteiger partial charge in [0.2, 0.25) is 0 Å². The Morgan fingerprint density at radius 3 is 2.83 bits per heavy atom. The molecule has 0 saturated carbocycles. The van der Waals surface area contributed by atoms with E-state index < -0.39 is 11.8 Å². The number of hydrogen-bond acceptors (Lipinski definition) is 4. The first-order valence-electron chi connectivity index (χ1n) is 9.40. The van der Waals surface area contributed by atoms with Gasteiger partial charge in [-0.2, -0.15) is 0 Å². The molecule has 0 fully saturated rings. The second kappa shape index (κ2) is 7.71. The zero-order valence-corrected chi connectivity index (χ0v) is 15.9. The van der Waals surface area contributed by atoms with Crippen molar-refractivity contribution >= 4 is 28.8 Å². The van der Waals surface area contributed by atoms with E-state index in [0.717, 1.165) is 29.8 Å². The Kier molecular flexibility index (Phi) is 4.95. The average Bonchev–Trinajstić information content (AvgIpc) is 3.19. The third-order valence-corrected chi connectivity index (χ3v) is 4.85. The lowest BCUT2D eigenvalue weighted by atomic mass is 10.1. The number of fused-ring (bicyclic) bond motifs is 2. The van der Waals surface area contributed by atoms with Gasteiger partial charge in [0.1, 0.15) is 5.82 Å². The van der Waals surface area contributed by atoms with Crippen LogP contribution in [-0.4, -0.2) is 21.4 Å². The maximum Gasteiger partial charge on any atom is 0.269 e. The third kappa shape index (κ3) is 3.94. The van der Waals surface area contributed by atoms with E-state index in [9.17, 15) is 14.4 Å². The highest BCUT2D eigenvalue weighted by atomic mass is 16.2. The van der Waals surface area contributed by atoms with Crippen molar-refractivity contribution in [3.8, 4) is 0 Å². The minimum Gasteiger partial charge on any atom is -0.296 e. The zero-order chi connectivity index (χ0) is 20.4. The number of aryl methyl sites for hydroxylation is 2. The lowest BCUT2D eigenvalue weighted by molar-refractivity contribution is -0.117. The highest BCUT2D eigenvalue weighted by molar-refractivity contribution is 6.00. The van der Waals surface area contributed by atoms with Gasteiger partial charge >= 0.3 is 0 Å². The van der Waals surface area contributed by atoms with Gasteiger partial charge < -0.3 is 0 Å². The molecule has 2 aromatic carbocycles. The molecule has 0 spiro atoms. The number of carbonyl (C=O) groups is 2. The molecule has 0 bridgehead atoms. The largest absolute Gasteiger partial charge is 0.296 e. The summed E-state index contributed by atoms with van der Waals surface area (Å²) in [6.07, 6.45) is 4.67. The maximum absolute atomic E-state index is 12.5. The van der Waals surface area contributed by atoms with Crippen LogP contribution in [-0.2, 0) is 17.8 Å². The second-order valence-electron chi connectivity index (χ2n) is 7.01. The van der Waals surface area contributed by atoms with Crippen molar-refractivity contribution in [1.82, 2.24) is 20.4 Å². The Bertz CT molecular complexity index is 1210. The number of nitrogens with one attached hydrogen (secondary N) is 2. The molecular formula is C22H20N4O3. The van der Waals surface area contributed by atoms with E-state index in [2.05, 4.69) is 15.8 Å². The Morgan fingerprint density at radius 2 is 2.00 bits per heavy atom. The van der Waals surface area contributed by atoms with E-state index in [1.807, 2.05) is 31.2 Å². The van der Waals surface area contributed by atoms with Crippen molar-refractivity contribution in [3.63, 3.8) is 0 Å². The van der Waals surface area contributed by atoms with Gasteiger partial charge in [-0.15, -0.1) is 0 Å². The number of hydrogen-bond donors (Lipinski definition) is 2. The highest BCUT2D eigenvalue weighted by Gasteiger charge is 2.17. The fourth-order valence-electron chi connectivity index (χ4n) is 3.40. The molecule has 1 aromatic heterocycles. The molecule has 7 heteroatoms. The van der Waals surface area contributed by atoms with E-state index in [1.165, 1.54) is 6.08 Å². The van der Waals surface area contributed by atoms with Gasteiger partial charge in [0.25, 0.3) is 17.4 Å². The Balaban J connectivity index is 1.44. The summed E-state index contributed by atoms with van der Waals surface area (Å²) < 4.78 is 1.68. The number of aromatic nitrogens is 2. The van der Waals surface area contributed by atoms with Gasteiger partial charge in [0, 0.05) is 24.6 Å². The van der Waals surface area contributed by atoms with Crippen molar-refractivity contribution < 1.29 is 9.59 Å². The maximum atomic E-state index is 12.5. The summed E-state index contributed by atoms with van der Waals surface area (Å²) in [6.45, 7) is 2.65. The molecule has 7 nitrogen and oxygen atoms in total. The van der Waals surface area contributed by atoms with Gasteiger partial charge in [-0.25, -0.2) is 4.98 Å². The molecule has 146 valence electrons. The van der Waals surface area contributed by atoms with Crippen LogP contribution in [0.5, 0.6) is 0 Å². The second-order valence-corrected chi connectivity index (χ2v) is 7.01. The highest BCUT2D eigenvalue weighted by Crippen LogP contribution is 2.16. The number of benzene rings is 2. The van der Waals surface area contributed by atoms with Crippen molar-refractivity contribution in [2.24, 2.45) is 0 Å². The topological polar surface area (TPSA) is 93.1 Å². The predicted molar refractivity (Wildman–Crippen MR) is 110 cm³/mol. The van der Waals surface area contributed by atoms with Crippen LogP contribution in [0.3, 0.4) is 0 Å². The zero-order valence-electron chi connectivity index (χ0n) is 15.9. The normalized spacial score (nSPS) is 12.9. The summed E-state index contributed by atoms with van der Waals surface area (Å²) in [5.41, 5.74) is 7.44. The van der Waals surface area contributed by atoms with E-state index in [-0.39, 0.29) is 5.56 Å². The van der Waals surface area contributed by atoms with Gasteiger partial charge in [-0.1, -0.05) is 29.8 Å². The molecule has 4 rings (SSSR count). The van der Waals surface area contributed by atoms with E-state index in [0.29, 0.717) is 23.0 Å². The molecule has 2 heterocycles. The molecule has 0 aliphatic carbocycles. The minimum atomic E-state index is -0.480. The van der Waals surface area contributed by atoms with Crippen molar-refractivity contribution in [3.05, 3.63) is 81.4 Å². The average molecular weight is 388 g/mol. The molecule has 3 aromatic rings. The van der Waals surface area contributed by atoms with Crippen LogP contribution in [0.2, 0.25) is 0 Å². The summed E-state index contributed by atoms with van der Waals surface area (Å²) in [4.78, 5) is 41.3. The van der Waals surface area contributed by atoms with E-state index >= 15 is 0 Å². The summed E-state index contributed by atoms with van der Waals surface area (Å²) in [5, 5.41) is 0.484. The van der Waals surface area contributed by atoms with Crippen LogP contribution in [0.25, 0.3) is 17.0 Å². The number of hydrazine groups is 1. The third-order valence-electron chi connectivity index (χ3n) is 4.85. The number of carbonyl (C=O) groups excluding carboxylic acids is 2. The van der Waals surface area contributed by atoms with Crippen LogP contribution in [0.15, 0.2) is 53.3 Å². The van der Waals surface area contributed by atoms with Gasteiger partial charge in [0.15, 0.2) is 0 Å². The van der Waals surface area contributed by atoms with Gasteiger partial charge in [-0.05, 0) is 43.2 Å². The van der Waals surface area contributed by atoms with Crippen LogP contribution >= 0.6 is 0 Å². The Hall–Kier alpha value is -3.74. The first kappa shape index (κ1) is 18.6. The van der Waals surface area contributed by atoms with E-state index in [1.54, 1.807) is 28.8 Å². The fraction of sp³-hybridized carbons (Fsp3) is 0.182. The first-order valence-corrected chi connectivity index (χ1v) is 9.40. The molecule has 2 N–H and O–H groups in total. The van der Waals surface area contributed by atoms with Gasteiger partial charge in [-0.3, -0.25) is 29.8 Å². The molecule has 0 unspecified atom stereocenters. The lowest BCUT2D eigenvalue weighted by Crippen LogP contribution is -2.40. The molecule has 0 saturated heterocycles. The van der Waals surface area contributed by atoms with Crippen LogP contribution in [0.1, 0.15) is 33.7 Å². The molecule has 1 aliphatic rings. The first-order chi connectivity index (χ1) is 14.0. The van der Waals surface area contributed by atoms with Gasteiger partial charge in [0.05, 0.1) is 10.9 Å². The molecule has 1 aliphatic heterocycles. The van der Waals surface area contributed by atoms with Crippen molar-refractivity contribution in [2.75, 3.05) is 0 Å². The monoisotopic (exact) mass is 388 g/mol. The number of nitrogens with zero attached hydrogens (tertiary/aromatic N) is 2. The molecule has 29 heavy (non-hydrogen) atoms. The molecule has 0 radical (unpaired) electrons. The van der Waals surface area contributed by atoms with E-state index in [4.69, 9.17) is 0 Å². The lowest BCUT2D eigenvalue weighted by Gasteiger charge is -2.08. The molecule has 0 atom stereocenters. The van der Waals surface area contributed by atoms with Crippen LogP contribution in [0.4, 0.5) is 0 Å². The molecule has 2 amide bonds. The summed E-state index contributed by atoms with van der Waals surface area (Å²) in [7, 11) is 0. The minimum absolute atomic E-state index is 0.0796. The smallest absolute Gasteiger partial charge is 0.269 e. The van der Waals surface area contributed by atoms with Crippen molar-refractivity contribution in [1.29, 1.82) is 0 Å². The Morgan fingerprint density at radius 1 is 1.14 bits per heavy atom. The number of rotatable bonds is 3. The fourth-order valence-corrected chi connectivity index (χ4v) is 3.40. The SMILES string of the molecule is Cc1cccc(/C=C/C(=O)NNC(=O)c2ccc3c(=O)n4c(nc3c2)CCC4)c1. The van der Waals surface area contributed by atoms with Crippen molar-refractivity contribution in [2.45, 2.75) is 26.3 Å². The standard InChI is InChI=1S/C22H20N4O3/c1-14-4-2-5-15(12-14)7-10-20(27)24-25-21(28)16-8-9-17-18(13-16)23-19-6-3-11-26(19)22(17)29/h2,4-5,7-10,12-13H,3,6,11H2,1H3,(H,24,27)(H,25,28)/b10-7+. The summed E-state index contributed by atoms with van der Waals surface area (Å²) in [6, 6.07) is 12.4. The Labute approximate surface area is 167 Å². The summed E-state index contributed by atoms with van der Waals surface area (Å²) >= 11 is 0. The number of amides is 2. The molecular weight excluding hydrogens is 368 g/mol.